The van der Waals surface area contributed by atoms with Crippen molar-refractivity contribution in [2.24, 2.45) is 5.92 Å². The normalized spacial score (nSPS) is 15.9. The minimum absolute atomic E-state index is 0. The fraction of sp³-hybridized carbons (Fsp3) is 0.769. The molecule has 4 atom stereocenters. The summed E-state index contributed by atoms with van der Waals surface area (Å²) in [6.45, 7) is 5.52. The Morgan fingerprint density at radius 3 is 2.08 bits per heavy atom. The van der Waals surface area contributed by atoms with Gasteiger partial charge in [0.15, 0.2) is 0 Å². The molecule has 13 heteroatoms. The van der Waals surface area contributed by atoms with Crippen molar-refractivity contribution in [2.75, 3.05) is 13.2 Å². The zero-order chi connectivity index (χ0) is 18.9. The number of carboxylic acids is 1. The molecular weight excluding hydrogens is 419 g/mol. The van der Waals surface area contributed by atoms with E-state index in [1.807, 2.05) is 0 Å². The monoisotopic (exact) mass is 443 g/mol. The number of carboxylic acid groups (broad SMARTS) is 1. The van der Waals surface area contributed by atoms with Gasteiger partial charge >= 0.3 is 103 Å². The van der Waals surface area contributed by atoms with Crippen LogP contribution in [0.4, 0.5) is 0 Å². The van der Waals surface area contributed by atoms with Crippen LogP contribution in [0.25, 0.3) is 0 Å². The Bertz CT molecular complexity index is 510. The molecule has 0 saturated carbocycles. The summed E-state index contributed by atoms with van der Waals surface area (Å²) < 4.78 is 16.3. The summed E-state index contributed by atoms with van der Waals surface area (Å²) in [6.07, 6.45) is 0.502. The maximum atomic E-state index is 12.3. The molecule has 1 unspecified atom stereocenters. The number of carbonyl (C=O) groups excluding carboxylic acids is 3. The van der Waals surface area contributed by atoms with Crippen molar-refractivity contribution in [3.8, 4) is 0 Å². The van der Waals surface area contributed by atoms with Gasteiger partial charge in [-0.15, -0.1) is 0 Å². The van der Waals surface area contributed by atoms with Crippen molar-refractivity contribution in [2.45, 2.75) is 46.2 Å². The van der Waals surface area contributed by atoms with Crippen LogP contribution in [0, 0.1) is 5.92 Å². The van der Waals surface area contributed by atoms with E-state index in [4.69, 9.17) is 0 Å². The predicted octanol–water partition coefficient (Wildman–Crippen LogP) is -8.13. The Kier molecular flexibility index (Phi) is 20.7. The SMILES string of the molecule is CCOP(=O)([O-])N[C@H](C(=O)N[C@@H](C)C(=O)NCC(=O)[O-])[C@@H](C)CC.[K+].[K+]. The van der Waals surface area contributed by atoms with Gasteiger partial charge in [-0.25, -0.2) is 5.09 Å². The van der Waals surface area contributed by atoms with Crippen LogP contribution in [0.3, 0.4) is 0 Å². The summed E-state index contributed by atoms with van der Waals surface area (Å²) in [6, 6.07) is -2.18. The van der Waals surface area contributed by atoms with Crippen molar-refractivity contribution in [1.82, 2.24) is 15.7 Å². The molecule has 0 aliphatic carbocycles. The number of rotatable bonds is 11. The standard InChI is InChI=1S/C13H26N3O7P.2K/c1-5-8(3)11(16-24(21,22)23-6-2)13(20)15-9(4)12(19)14-7-10(17)18;;/h8-9,11H,5-7H2,1-4H3,(H,14,19)(H,15,20)(H,17,18)(H2,16,21,22);;/q;2*+1/p-2/t8-,9-,11-;;/m0../s1. The smallest absolute Gasteiger partial charge is 0.766 e. The van der Waals surface area contributed by atoms with Crippen molar-refractivity contribution in [3.05, 3.63) is 0 Å². The summed E-state index contributed by atoms with van der Waals surface area (Å²) >= 11 is 0. The van der Waals surface area contributed by atoms with Crippen LogP contribution in [0.15, 0.2) is 0 Å². The molecular formula is C13H24K2N3O7P. The fourth-order valence-corrected chi connectivity index (χ4v) is 2.87. The van der Waals surface area contributed by atoms with Gasteiger partial charge < -0.3 is 30.0 Å². The molecule has 0 aromatic rings. The zero-order valence-electron chi connectivity index (χ0n) is 16.2. The molecule has 3 N–H and O–H groups in total. The minimum atomic E-state index is -4.41. The van der Waals surface area contributed by atoms with Gasteiger partial charge in [-0.2, -0.15) is 0 Å². The first-order valence-electron chi connectivity index (χ1n) is 7.55. The van der Waals surface area contributed by atoms with Gasteiger partial charge in [0.2, 0.25) is 19.6 Å². The van der Waals surface area contributed by atoms with Crippen molar-refractivity contribution in [1.29, 1.82) is 0 Å². The summed E-state index contributed by atoms with van der Waals surface area (Å²) in [7, 11) is -4.41. The Labute approximate surface area is 238 Å². The molecule has 0 spiro atoms. The van der Waals surface area contributed by atoms with E-state index in [2.05, 4.69) is 20.2 Å². The van der Waals surface area contributed by atoms with Gasteiger partial charge in [-0.3, -0.25) is 14.2 Å². The summed E-state index contributed by atoms with van der Waals surface area (Å²) in [5.74, 6) is -3.27. The third kappa shape index (κ3) is 13.9. The number of nitrogens with one attached hydrogen (secondary N) is 3. The molecule has 0 saturated heterocycles. The molecule has 0 heterocycles. The zero-order valence-corrected chi connectivity index (χ0v) is 23.3. The molecule has 10 nitrogen and oxygen atoms in total. The predicted molar refractivity (Wildman–Crippen MR) is 81.2 cm³/mol. The number of hydrogen-bond donors (Lipinski definition) is 3. The van der Waals surface area contributed by atoms with E-state index in [1.54, 1.807) is 13.8 Å². The van der Waals surface area contributed by atoms with Gasteiger partial charge in [-0.1, -0.05) is 20.3 Å². The second kappa shape index (κ2) is 16.6. The second-order valence-corrected chi connectivity index (χ2v) is 6.74. The van der Waals surface area contributed by atoms with Crippen LogP contribution in [-0.2, 0) is 23.5 Å². The second-order valence-electron chi connectivity index (χ2n) is 5.23. The van der Waals surface area contributed by atoms with Crippen LogP contribution >= 0.6 is 7.75 Å². The van der Waals surface area contributed by atoms with E-state index in [9.17, 15) is 28.9 Å². The van der Waals surface area contributed by atoms with E-state index in [1.165, 1.54) is 13.8 Å². The van der Waals surface area contributed by atoms with E-state index in [0.717, 1.165) is 0 Å². The Morgan fingerprint density at radius 1 is 1.12 bits per heavy atom. The maximum Gasteiger partial charge on any atom is 1.00 e. The van der Waals surface area contributed by atoms with Gasteiger partial charge in [0, 0.05) is 0 Å². The van der Waals surface area contributed by atoms with Crippen LogP contribution < -0.4 is 128 Å². The molecule has 0 fully saturated rings. The van der Waals surface area contributed by atoms with Crippen molar-refractivity contribution in [3.63, 3.8) is 0 Å². The first-order valence-corrected chi connectivity index (χ1v) is 9.09. The maximum absolute atomic E-state index is 12.3. The largest absolute Gasteiger partial charge is 1.00 e. The van der Waals surface area contributed by atoms with Gasteiger partial charge in [0.05, 0.1) is 25.2 Å². The van der Waals surface area contributed by atoms with Crippen LogP contribution in [-0.4, -0.2) is 43.0 Å². The Balaban J connectivity index is -0.00000264. The first-order chi connectivity index (χ1) is 11.0. The first kappa shape index (κ1) is 32.5. The van der Waals surface area contributed by atoms with Crippen LogP contribution in [0.2, 0.25) is 0 Å². The van der Waals surface area contributed by atoms with Crippen molar-refractivity contribution >= 4 is 25.5 Å². The summed E-state index contributed by atoms with van der Waals surface area (Å²) in [5, 5.41) is 16.9. The minimum Gasteiger partial charge on any atom is -0.766 e. The number of carbonyl (C=O) groups is 3. The average molecular weight is 444 g/mol. The van der Waals surface area contributed by atoms with Gasteiger partial charge in [0.25, 0.3) is 0 Å². The number of hydrogen-bond acceptors (Lipinski definition) is 7. The third-order valence-corrected chi connectivity index (χ3v) is 4.44. The van der Waals surface area contributed by atoms with Gasteiger partial charge in [0.1, 0.15) is 6.04 Å². The quantitative estimate of drug-likeness (QED) is 0.210. The average Bonchev–Trinajstić information content (AvgIpc) is 2.49. The third-order valence-electron chi connectivity index (χ3n) is 3.25. The summed E-state index contributed by atoms with van der Waals surface area (Å²) in [5.41, 5.74) is 0. The Morgan fingerprint density at radius 2 is 1.65 bits per heavy atom. The Hall–Kier alpha value is 1.79. The summed E-state index contributed by atoms with van der Waals surface area (Å²) in [4.78, 5) is 46.0. The molecule has 140 valence electrons. The van der Waals surface area contributed by atoms with E-state index < -0.39 is 44.2 Å². The molecule has 26 heavy (non-hydrogen) atoms. The molecule has 0 aliphatic heterocycles. The van der Waals surface area contributed by atoms with E-state index >= 15 is 0 Å². The topological polar surface area (TPSA) is 160 Å². The number of amides is 2. The fourth-order valence-electron chi connectivity index (χ4n) is 1.74. The molecule has 0 rings (SSSR count). The van der Waals surface area contributed by atoms with Crippen LogP contribution in [0.5, 0.6) is 0 Å². The molecule has 0 bridgehead atoms. The van der Waals surface area contributed by atoms with Crippen molar-refractivity contribution < 1.29 is 136 Å². The van der Waals surface area contributed by atoms with E-state index in [0.29, 0.717) is 6.42 Å². The van der Waals surface area contributed by atoms with Crippen LogP contribution in [0.1, 0.15) is 34.1 Å². The number of aliphatic carboxylic acids is 1. The molecule has 0 aromatic carbocycles. The molecule has 0 radical (unpaired) electrons. The van der Waals surface area contributed by atoms with E-state index in [-0.39, 0.29) is 115 Å². The molecule has 0 aliphatic rings. The molecule has 2 amide bonds. The van der Waals surface area contributed by atoms with Gasteiger partial charge in [-0.05, 0) is 19.8 Å². The molecule has 0 aromatic heterocycles.